The number of hydrogen-bond donors (Lipinski definition) is 1. The standard InChI is InChI=1S/C17H14N2O5S2/c20-16(21)10-14-11-18-17(25-14)19-26(22,23)15-8-6-13(7-9-15)24-12-4-2-1-3-5-12/h1-9,11H,10H2,(H,18,19)(H,20,21)/p-1. The number of benzene rings is 2. The average Bonchev–Trinajstić information content (AvgIpc) is 3.01. The first-order chi connectivity index (χ1) is 12.4. The number of carbonyl (C=O) groups is 1. The Bertz CT molecular complexity index is 999. The molecule has 0 saturated carbocycles. The highest BCUT2D eigenvalue weighted by atomic mass is 32.2. The zero-order chi connectivity index (χ0) is 18.6. The van der Waals surface area contributed by atoms with E-state index in [-0.39, 0.29) is 16.4 Å². The molecule has 0 saturated heterocycles. The number of anilines is 1. The van der Waals surface area contributed by atoms with Crippen molar-refractivity contribution in [3.8, 4) is 11.5 Å². The van der Waals surface area contributed by atoms with E-state index in [1.54, 1.807) is 24.3 Å². The summed E-state index contributed by atoms with van der Waals surface area (Å²) in [5.74, 6) is -0.109. The van der Waals surface area contributed by atoms with Crippen molar-refractivity contribution in [3.63, 3.8) is 0 Å². The number of carboxylic acid groups (broad SMARTS) is 1. The fraction of sp³-hybridized carbons (Fsp3) is 0.0588. The summed E-state index contributed by atoms with van der Waals surface area (Å²) in [4.78, 5) is 14.9. The Morgan fingerprint density at radius 2 is 1.73 bits per heavy atom. The lowest BCUT2D eigenvalue weighted by Crippen LogP contribution is -2.23. The Kier molecular flexibility index (Phi) is 5.19. The van der Waals surface area contributed by atoms with E-state index in [4.69, 9.17) is 4.74 Å². The molecule has 1 heterocycles. The summed E-state index contributed by atoms with van der Waals surface area (Å²) in [5.41, 5.74) is 0. The molecular formula is C17H13N2O5S2-. The summed E-state index contributed by atoms with van der Waals surface area (Å²) in [6.45, 7) is 0. The number of carboxylic acids is 1. The Balaban J connectivity index is 1.71. The fourth-order valence-corrected chi connectivity index (χ4v) is 4.10. The molecule has 0 amide bonds. The highest BCUT2D eigenvalue weighted by Crippen LogP contribution is 2.25. The maximum atomic E-state index is 12.4. The largest absolute Gasteiger partial charge is 0.550 e. The lowest BCUT2D eigenvalue weighted by molar-refractivity contribution is -0.304. The van der Waals surface area contributed by atoms with Crippen LogP contribution in [0.3, 0.4) is 0 Å². The van der Waals surface area contributed by atoms with Crippen molar-refractivity contribution < 1.29 is 23.1 Å². The van der Waals surface area contributed by atoms with Crippen molar-refractivity contribution in [2.45, 2.75) is 11.3 Å². The molecule has 0 aliphatic heterocycles. The molecule has 2 aromatic carbocycles. The number of aliphatic carboxylic acids is 1. The Hall–Kier alpha value is -2.91. The summed E-state index contributed by atoms with van der Waals surface area (Å²) < 4.78 is 32.7. The molecule has 3 rings (SSSR count). The number of carbonyl (C=O) groups excluding carboxylic acids is 1. The number of para-hydroxylation sites is 1. The van der Waals surface area contributed by atoms with Crippen LogP contribution >= 0.6 is 11.3 Å². The minimum Gasteiger partial charge on any atom is -0.550 e. The van der Waals surface area contributed by atoms with Crippen molar-refractivity contribution in [2.24, 2.45) is 0 Å². The van der Waals surface area contributed by atoms with Gasteiger partial charge in [-0.05, 0) is 36.4 Å². The predicted octanol–water partition coefficient (Wildman–Crippen LogP) is 2.03. The van der Waals surface area contributed by atoms with Crippen LogP contribution < -0.4 is 14.6 Å². The van der Waals surface area contributed by atoms with Crippen LogP contribution in [0.2, 0.25) is 0 Å². The van der Waals surface area contributed by atoms with Crippen molar-refractivity contribution >= 4 is 32.5 Å². The van der Waals surface area contributed by atoms with E-state index in [9.17, 15) is 18.3 Å². The van der Waals surface area contributed by atoms with Gasteiger partial charge in [-0.25, -0.2) is 13.4 Å². The number of rotatable bonds is 7. The molecule has 0 fully saturated rings. The van der Waals surface area contributed by atoms with E-state index in [2.05, 4.69) is 9.71 Å². The van der Waals surface area contributed by atoms with Gasteiger partial charge in [0.1, 0.15) is 11.5 Å². The lowest BCUT2D eigenvalue weighted by Gasteiger charge is -2.08. The van der Waals surface area contributed by atoms with E-state index in [0.717, 1.165) is 11.3 Å². The molecule has 0 aliphatic rings. The van der Waals surface area contributed by atoms with Crippen LogP contribution in [0.5, 0.6) is 11.5 Å². The molecule has 9 heteroatoms. The topological polar surface area (TPSA) is 108 Å². The Labute approximate surface area is 154 Å². The zero-order valence-electron chi connectivity index (χ0n) is 13.3. The summed E-state index contributed by atoms with van der Waals surface area (Å²) >= 11 is 0.941. The third kappa shape index (κ3) is 4.58. The normalized spacial score (nSPS) is 11.1. The van der Waals surface area contributed by atoms with Crippen molar-refractivity contribution in [3.05, 3.63) is 65.7 Å². The van der Waals surface area contributed by atoms with Gasteiger partial charge < -0.3 is 14.6 Å². The molecule has 7 nitrogen and oxygen atoms in total. The Morgan fingerprint density at radius 1 is 1.08 bits per heavy atom. The lowest BCUT2D eigenvalue weighted by atomic mass is 10.3. The van der Waals surface area contributed by atoms with Crippen molar-refractivity contribution in [1.29, 1.82) is 0 Å². The molecule has 1 N–H and O–H groups in total. The van der Waals surface area contributed by atoms with Gasteiger partial charge >= 0.3 is 0 Å². The van der Waals surface area contributed by atoms with E-state index < -0.39 is 16.0 Å². The molecule has 26 heavy (non-hydrogen) atoms. The summed E-state index contributed by atoms with van der Waals surface area (Å²) in [6.07, 6.45) is 0.986. The van der Waals surface area contributed by atoms with Crippen LogP contribution in [0.15, 0.2) is 65.7 Å². The smallest absolute Gasteiger partial charge is 0.263 e. The molecule has 0 atom stereocenters. The first-order valence-corrected chi connectivity index (χ1v) is 9.73. The first kappa shape index (κ1) is 17.9. The van der Waals surface area contributed by atoms with Gasteiger partial charge in [0.15, 0.2) is 5.13 Å². The van der Waals surface area contributed by atoms with Crippen LogP contribution in [-0.4, -0.2) is 19.4 Å². The second-order valence-electron chi connectivity index (χ2n) is 5.17. The van der Waals surface area contributed by atoms with Crippen molar-refractivity contribution in [2.75, 3.05) is 4.72 Å². The van der Waals surface area contributed by atoms with E-state index in [1.165, 1.54) is 18.3 Å². The van der Waals surface area contributed by atoms with E-state index in [1.807, 2.05) is 18.2 Å². The van der Waals surface area contributed by atoms with Gasteiger partial charge in [-0.1, -0.05) is 18.2 Å². The van der Waals surface area contributed by atoms with Gasteiger partial charge in [-0.15, -0.1) is 11.3 Å². The monoisotopic (exact) mass is 389 g/mol. The third-order valence-electron chi connectivity index (χ3n) is 3.21. The van der Waals surface area contributed by atoms with Gasteiger partial charge in [0.2, 0.25) is 0 Å². The zero-order valence-corrected chi connectivity index (χ0v) is 14.9. The molecule has 0 spiro atoms. The maximum absolute atomic E-state index is 12.4. The summed E-state index contributed by atoms with van der Waals surface area (Å²) in [5, 5.41) is 10.7. The maximum Gasteiger partial charge on any atom is 0.263 e. The molecule has 0 aliphatic carbocycles. The minimum absolute atomic E-state index is 0.0366. The average molecular weight is 389 g/mol. The fourth-order valence-electron chi connectivity index (χ4n) is 2.06. The van der Waals surface area contributed by atoms with E-state index in [0.29, 0.717) is 16.4 Å². The number of ether oxygens (including phenoxy) is 1. The van der Waals surface area contributed by atoms with Crippen LogP contribution in [0, 0.1) is 0 Å². The molecule has 3 aromatic rings. The van der Waals surface area contributed by atoms with Gasteiger partial charge in [0.25, 0.3) is 10.0 Å². The molecular weight excluding hydrogens is 376 g/mol. The number of aromatic nitrogens is 1. The molecule has 0 unspecified atom stereocenters. The quantitative estimate of drug-likeness (QED) is 0.662. The number of nitrogens with zero attached hydrogens (tertiary/aromatic N) is 1. The second-order valence-corrected chi connectivity index (χ2v) is 7.97. The molecule has 134 valence electrons. The minimum atomic E-state index is -3.84. The van der Waals surface area contributed by atoms with Crippen LogP contribution in [-0.2, 0) is 21.2 Å². The molecule has 0 bridgehead atoms. The van der Waals surface area contributed by atoms with Gasteiger partial charge in [0.05, 0.1) is 4.90 Å². The number of thiazole rings is 1. The van der Waals surface area contributed by atoms with E-state index >= 15 is 0 Å². The SMILES string of the molecule is O=C([O-])Cc1cnc(NS(=O)(=O)c2ccc(Oc3ccccc3)cc2)s1. The highest BCUT2D eigenvalue weighted by molar-refractivity contribution is 7.93. The van der Waals surface area contributed by atoms with Gasteiger partial charge in [0, 0.05) is 23.5 Å². The number of nitrogens with one attached hydrogen (secondary N) is 1. The molecule has 1 aromatic heterocycles. The third-order valence-corrected chi connectivity index (χ3v) is 5.60. The predicted molar refractivity (Wildman–Crippen MR) is 94.6 cm³/mol. The second kappa shape index (κ2) is 7.54. The Morgan fingerprint density at radius 3 is 2.38 bits per heavy atom. The van der Waals surface area contributed by atoms with Crippen molar-refractivity contribution in [1.82, 2.24) is 4.98 Å². The highest BCUT2D eigenvalue weighted by Gasteiger charge is 2.16. The summed E-state index contributed by atoms with van der Waals surface area (Å²) in [7, 11) is -3.84. The van der Waals surface area contributed by atoms with Crippen LogP contribution in [0.25, 0.3) is 0 Å². The van der Waals surface area contributed by atoms with Crippen LogP contribution in [0.4, 0.5) is 5.13 Å². The summed E-state index contributed by atoms with van der Waals surface area (Å²) in [6, 6.07) is 15.0. The molecule has 0 radical (unpaired) electrons. The van der Waals surface area contributed by atoms with Gasteiger partial charge in [-0.2, -0.15) is 0 Å². The van der Waals surface area contributed by atoms with Crippen LogP contribution in [0.1, 0.15) is 4.88 Å². The van der Waals surface area contributed by atoms with Gasteiger partial charge in [-0.3, -0.25) is 4.72 Å². The first-order valence-electron chi connectivity index (χ1n) is 7.43. The number of hydrogen-bond acceptors (Lipinski definition) is 7. The number of sulfonamides is 1.